The Balaban J connectivity index is -0.00000157. The molecule has 0 spiro atoms. The number of carbonyl (C=O) groups excluding carboxylic acids is 4. The molecule has 8 nitrogen and oxygen atoms in total. The van der Waals surface area contributed by atoms with Crippen molar-refractivity contribution in [3.63, 3.8) is 0 Å². The van der Waals surface area contributed by atoms with Gasteiger partial charge in [-0.1, -0.05) is 241 Å². The van der Waals surface area contributed by atoms with Crippen LogP contribution in [0.25, 0.3) is 0 Å². The fourth-order valence-electron chi connectivity index (χ4n) is 8.52. The summed E-state index contributed by atoms with van der Waals surface area (Å²) in [7, 11) is 0. The van der Waals surface area contributed by atoms with Crippen molar-refractivity contribution in [2.75, 3.05) is 39.5 Å². The number of ketones is 1. The van der Waals surface area contributed by atoms with E-state index in [0.29, 0.717) is 26.3 Å². The van der Waals surface area contributed by atoms with Gasteiger partial charge >= 0.3 is 11.9 Å². The summed E-state index contributed by atoms with van der Waals surface area (Å²) in [5.41, 5.74) is 0. The van der Waals surface area contributed by atoms with Crippen LogP contribution < -0.4 is 0 Å². The molecule has 0 aliphatic carbocycles. The number of hydrogen-bond donors (Lipinski definition) is 0. The molecule has 0 radical (unpaired) electrons. The van der Waals surface area contributed by atoms with E-state index in [1.165, 1.54) is 161 Å². The summed E-state index contributed by atoms with van der Waals surface area (Å²) in [4.78, 5) is 48.5. The molecule has 0 fully saturated rings. The molecule has 68 heavy (non-hydrogen) atoms. The van der Waals surface area contributed by atoms with Gasteiger partial charge in [-0.2, -0.15) is 0 Å². The minimum Gasteiger partial charge on any atom is -0.468 e. The van der Waals surface area contributed by atoms with E-state index in [2.05, 4.69) is 53.4 Å². The average molecular weight is 967 g/mol. The number of unbranched alkanes of at least 4 members (excludes halogenated alkanes) is 26. The fourth-order valence-corrected chi connectivity index (χ4v) is 8.52. The minimum atomic E-state index is -0.295. The number of esters is 2. The maximum absolute atomic E-state index is 12.9. The van der Waals surface area contributed by atoms with Crippen molar-refractivity contribution in [2.45, 2.75) is 312 Å². The minimum absolute atomic E-state index is 0.00507. The first-order valence-electron chi connectivity index (χ1n) is 29.8. The first-order chi connectivity index (χ1) is 33.2. The zero-order valence-corrected chi connectivity index (χ0v) is 47.1. The van der Waals surface area contributed by atoms with E-state index in [1.807, 2.05) is 0 Å². The molecule has 0 N–H and O–H groups in total. The molecule has 0 aliphatic heterocycles. The average Bonchev–Trinajstić information content (AvgIpc) is 3.33. The second kappa shape index (κ2) is 61.2. The Morgan fingerprint density at radius 3 is 1.21 bits per heavy atom. The van der Waals surface area contributed by atoms with Gasteiger partial charge < -0.3 is 23.9 Å². The molecule has 8 heteroatoms. The topological polar surface area (TPSA) is 99.2 Å². The zero-order valence-electron chi connectivity index (χ0n) is 47.1. The van der Waals surface area contributed by atoms with E-state index >= 15 is 0 Å². The van der Waals surface area contributed by atoms with Crippen LogP contribution in [0.4, 0.5) is 0 Å². The monoisotopic (exact) mass is 966 g/mol. The lowest BCUT2D eigenvalue weighted by Gasteiger charge is -2.22. The highest BCUT2D eigenvalue weighted by atomic mass is 16.5. The van der Waals surface area contributed by atoms with Gasteiger partial charge in [-0.25, -0.2) is 0 Å². The van der Waals surface area contributed by atoms with Crippen molar-refractivity contribution < 1.29 is 33.4 Å². The zero-order chi connectivity index (χ0) is 50.8. The molecule has 0 heterocycles. The van der Waals surface area contributed by atoms with E-state index in [0.717, 1.165) is 115 Å². The second-order valence-corrected chi connectivity index (χ2v) is 20.3. The number of ether oxygens (including phenoxy) is 3. The van der Waals surface area contributed by atoms with Crippen molar-refractivity contribution in [3.05, 3.63) is 0 Å². The molecule has 0 aliphatic rings. The van der Waals surface area contributed by atoms with Gasteiger partial charge in [0.05, 0.1) is 32.2 Å². The van der Waals surface area contributed by atoms with Gasteiger partial charge in [-0.3, -0.25) is 14.4 Å². The predicted octanol–water partition coefficient (Wildman–Crippen LogP) is 18.1. The molecule has 2 unspecified atom stereocenters. The molecule has 0 rings (SSSR count). The van der Waals surface area contributed by atoms with Gasteiger partial charge in [0.25, 0.3) is 6.47 Å². The summed E-state index contributed by atoms with van der Waals surface area (Å²) in [5.74, 6) is 0.779. The van der Waals surface area contributed by atoms with Gasteiger partial charge in [0.2, 0.25) is 0 Å². The van der Waals surface area contributed by atoms with Crippen LogP contribution >= 0.6 is 0 Å². The lowest BCUT2D eigenvalue weighted by molar-refractivity contribution is -0.149. The lowest BCUT2D eigenvalue weighted by Crippen LogP contribution is -2.27. The quantitative estimate of drug-likeness (QED) is 0.0257. The molecule has 0 amide bonds. The standard InChI is InChI=1S/C38H71NO7.C16H34.C6H14/c1-4-6-8-10-11-17-25-36(24-16-9-7-5-2)38(43)46-33-22-15-13-19-29-39(28-18-12-14-21-31-44-34-40)30-20-23-32-45-37(42)27-26-35(3)41;1-4-6-8-10-11-13-15-16(3)14-12-9-7-5-2;1-3-5-6-4-2/h34,36H,4-33H2,1-3H3;16H,4-15H2,1-3H3;3-6H2,1-2H3. The largest absolute Gasteiger partial charge is 0.468 e. The van der Waals surface area contributed by atoms with Crippen molar-refractivity contribution in [2.24, 2.45) is 11.8 Å². The molecule has 0 saturated carbocycles. The van der Waals surface area contributed by atoms with Crippen LogP contribution in [0, 0.1) is 11.8 Å². The molecular weight excluding hydrogens is 847 g/mol. The summed E-state index contributed by atoms with van der Waals surface area (Å²) in [5, 5.41) is 0. The SMILES string of the molecule is CCCCCC.CCCCCCCCC(C)CCCCCC.CCCCCCCCC(CCCCCC)C(=O)OCCCCCCN(CCCCCCOC=O)CCCCOC(=O)CCC(C)=O. The van der Waals surface area contributed by atoms with Gasteiger partial charge in [-0.05, 0) is 83.8 Å². The number of rotatable bonds is 51. The van der Waals surface area contributed by atoms with Crippen molar-refractivity contribution >= 4 is 24.2 Å². The first-order valence-corrected chi connectivity index (χ1v) is 29.8. The van der Waals surface area contributed by atoms with Crippen molar-refractivity contribution in [1.29, 1.82) is 0 Å². The third-order valence-electron chi connectivity index (χ3n) is 13.2. The van der Waals surface area contributed by atoms with Crippen LogP contribution in [0.5, 0.6) is 0 Å². The normalized spacial score (nSPS) is 11.8. The lowest BCUT2D eigenvalue weighted by atomic mass is 9.94. The summed E-state index contributed by atoms with van der Waals surface area (Å²) >= 11 is 0. The van der Waals surface area contributed by atoms with Crippen LogP contribution in [0.1, 0.15) is 312 Å². The molecule has 406 valence electrons. The van der Waals surface area contributed by atoms with Crippen LogP contribution in [-0.4, -0.2) is 68.5 Å². The highest BCUT2D eigenvalue weighted by Crippen LogP contribution is 2.21. The van der Waals surface area contributed by atoms with Crippen LogP contribution in [0.15, 0.2) is 0 Å². The predicted molar refractivity (Wildman–Crippen MR) is 292 cm³/mol. The molecule has 0 aromatic carbocycles. The van der Waals surface area contributed by atoms with Crippen molar-refractivity contribution in [1.82, 2.24) is 4.90 Å². The Hall–Kier alpha value is -1.96. The Labute approximate surface area is 424 Å². The maximum atomic E-state index is 12.9. The fraction of sp³-hybridized carbons (Fsp3) is 0.933. The summed E-state index contributed by atoms with van der Waals surface area (Å²) in [6.45, 7) is 22.4. The number of carbonyl (C=O) groups is 4. The van der Waals surface area contributed by atoms with Crippen LogP contribution in [0.2, 0.25) is 0 Å². The Morgan fingerprint density at radius 1 is 0.412 bits per heavy atom. The maximum Gasteiger partial charge on any atom is 0.308 e. The highest BCUT2D eigenvalue weighted by Gasteiger charge is 2.19. The third-order valence-corrected chi connectivity index (χ3v) is 13.2. The first kappa shape index (κ1) is 70.3. The number of Topliss-reactive ketones (excluding diaryl/α,β-unsaturated/α-hetero) is 1. The van der Waals surface area contributed by atoms with E-state index in [4.69, 9.17) is 14.2 Å². The van der Waals surface area contributed by atoms with E-state index < -0.39 is 0 Å². The highest BCUT2D eigenvalue weighted by molar-refractivity contribution is 5.80. The Kier molecular flexibility index (Phi) is 63.2. The van der Waals surface area contributed by atoms with E-state index in [1.54, 1.807) is 0 Å². The molecule has 0 aromatic heterocycles. The van der Waals surface area contributed by atoms with E-state index in [9.17, 15) is 19.2 Å². The second-order valence-electron chi connectivity index (χ2n) is 20.3. The van der Waals surface area contributed by atoms with Crippen LogP contribution in [0.3, 0.4) is 0 Å². The smallest absolute Gasteiger partial charge is 0.308 e. The molecular formula is C60H119NO7. The molecule has 0 bridgehead atoms. The number of hydrogen-bond acceptors (Lipinski definition) is 8. The molecule has 0 aromatic rings. The Bertz CT molecular complexity index is 1020. The summed E-state index contributed by atoms with van der Waals surface area (Å²) in [6.07, 6.45) is 47.7. The van der Waals surface area contributed by atoms with Crippen molar-refractivity contribution in [3.8, 4) is 0 Å². The van der Waals surface area contributed by atoms with Gasteiger partial charge in [-0.15, -0.1) is 0 Å². The van der Waals surface area contributed by atoms with Gasteiger partial charge in [0.15, 0.2) is 0 Å². The third kappa shape index (κ3) is 60.2. The van der Waals surface area contributed by atoms with Crippen LogP contribution in [-0.2, 0) is 33.4 Å². The molecule has 0 saturated heterocycles. The molecule has 2 atom stereocenters. The summed E-state index contributed by atoms with van der Waals surface area (Å²) in [6, 6.07) is 0. The Morgan fingerprint density at radius 2 is 0.750 bits per heavy atom. The van der Waals surface area contributed by atoms with Gasteiger partial charge in [0, 0.05) is 6.42 Å². The summed E-state index contributed by atoms with van der Waals surface area (Å²) < 4.78 is 15.8. The number of nitrogens with zero attached hydrogens (tertiary/aromatic N) is 1. The van der Waals surface area contributed by atoms with Gasteiger partial charge in [0.1, 0.15) is 5.78 Å². The van der Waals surface area contributed by atoms with E-state index in [-0.39, 0.29) is 36.5 Å².